The lowest BCUT2D eigenvalue weighted by molar-refractivity contribution is -0.127. The summed E-state index contributed by atoms with van der Waals surface area (Å²) in [6, 6.07) is 14.0. The highest BCUT2D eigenvalue weighted by Crippen LogP contribution is 2.41. The lowest BCUT2D eigenvalue weighted by atomic mass is 10.0. The number of carbonyl (C=O) groups is 3. The minimum atomic E-state index is -0.660. The summed E-state index contributed by atoms with van der Waals surface area (Å²) in [5, 5.41) is 5.44. The molecule has 1 atom stereocenters. The van der Waals surface area contributed by atoms with Crippen LogP contribution >= 0.6 is 22.6 Å². The molecule has 1 fully saturated rings. The van der Waals surface area contributed by atoms with E-state index in [0.717, 1.165) is 16.4 Å². The molecule has 2 aromatic carbocycles. The number of rotatable bonds is 5. The second-order valence-electron chi connectivity index (χ2n) is 6.71. The van der Waals surface area contributed by atoms with E-state index in [1.54, 1.807) is 17.0 Å². The van der Waals surface area contributed by atoms with Crippen molar-refractivity contribution in [1.82, 2.24) is 10.2 Å². The molecule has 1 unspecified atom stereocenters. The molecule has 1 heterocycles. The third kappa shape index (κ3) is 3.69. The highest BCUT2D eigenvalue weighted by Gasteiger charge is 2.47. The first-order chi connectivity index (χ1) is 13.0. The summed E-state index contributed by atoms with van der Waals surface area (Å²) in [7, 11) is 0. The number of hydrogen-bond donors (Lipinski definition) is 2. The van der Waals surface area contributed by atoms with Gasteiger partial charge >= 0.3 is 0 Å². The lowest BCUT2D eigenvalue weighted by Gasteiger charge is -2.24. The Hall–Kier alpha value is -2.42. The number of fused-ring (bicyclic) bond motifs is 1. The number of nitrogens with one attached hydrogen (secondary N) is 2. The predicted molar refractivity (Wildman–Crippen MR) is 109 cm³/mol. The number of hydrogen-bond acceptors (Lipinski definition) is 3. The highest BCUT2D eigenvalue weighted by atomic mass is 127. The second kappa shape index (κ2) is 7.30. The lowest BCUT2D eigenvalue weighted by Crippen LogP contribution is -2.42. The Morgan fingerprint density at radius 1 is 1.07 bits per heavy atom. The molecule has 0 aromatic heterocycles. The molecule has 2 N–H and O–H groups in total. The SMILES string of the molecule is O=C(CNC(=O)C1c2ccccc2C(=O)N1C1CC1)Nc1ccc(I)cc1. The normalized spacial score (nSPS) is 18.2. The average Bonchev–Trinajstić information content (AvgIpc) is 3.46. The van der Waals surface area contributed by atoms with E-state index in [9.17, 15) is 14.4 Å². The van der Waals surface area contributed by atoms with Crippen molar-refractivity contribution in [2.24, 2.45) is 0 Å². The van der Waals surface area contributed by atoms with E-state index in [1.165, 1.54) is 0 Å². The van der Waals surface area contributed by atoms with Crippen LogP contribution in [0.15, 0.2) is 48.5 Å². The smallest absolute Gasteiger partial charge is 0.255 e. The van der Waals surface area contributed by atoms with Crippen molar-refractivity contribution < 1.29 is 14.4 Å². The van der Waals surface area contributed by atoms with Gasteiger partial charge in [-0.2, -0.15) is 0 Å². The Bertz CT molecular complexity index is 909. The molecule has 1 aliphatic carbocycles. The second-order valence-corrected chi connectivity index (χ2v) is 7.95. The summed E-state index contributed by atoms with van der Waals surface area (Å²) in [5.74, 6) is -0.727. The molecule has 6 nitrogen and oxygen atoms in total. The molecule has 27 heavy (non-hydrogen) atoms. The van der Waals surface area contributed by atoms with Gasteiger partial charge in [-0.3, -0.25) is 14.4 Å². The van der Waals surface area contributed by atoms with E-state index in [0.29, 0.717) is 16.8 Å². The maximum atomic E-state index is 12.8. The topological polar surface area (TPSA) is 78.5 Å². The van der Waals surface area contributed by atoms with E-state index in [-0.39, 0.29) is 30.3 Å². The summed E-state index contributed by atoms with van der Waals surface area (Å²) in [6.45, 7) is -0.143. The monoisotopic (exact) mass is 475 g/mol. The van der Waals surface area contributed by atoms with E-state index in [2.05, 4.69) is 33.2 Å². The molecular weight excluding hydrogens is 457 g/mol. The number of anilines is 1. The number of carbonyl (C=O) groups excluding carboxylic acids is 3. The Morgan fingerprint density at radius 2 is 1.78 bits per heavy atom. The Morgan fingerprint density at radius 3 is 2.48 bits per heavy atom. The van der Waals surface area contributed by atoms with E-state index >= 15 is 0 Å². The molecule has 7 heteroatoms. The highest BCUT2D eigenvalue weighted by molar-refractivity contribution is 14.1. The van der Waals surface area contributed by atoms with Crippen LogP contribution in [-0.4, -0.2) is 35.2 Å². The quantitative estimate of drug-likeness (QED) is 0.654. The first kappa shape index (κ1) is 18.0. The molecule has 0 bridgehead atoms. The fraction of sp³-hybridized carbons (Fsp3) is 0.250. The summed E-state index contributed by atoms with van der Waals surface area (Å²) in [4.78, 5) is 39.3. The third-order valence-corrected chi connectivity index (χ3v) is 5.46. The molecule has 0 spiro atoms. The molecule has 1 saturated carbocycles. The molecule has 0 saturated heterocycles. The molecular formula is C20H18IN3O3. The number of amides is 3. The van der Waals surface area contributed by atoms with Gasteiger partial charge in [0.2, 0.25) is 11.8 Å². The van der Waals surface area contributed by atoms with Crippen LogP contribution in [0, 0.1) is 3.57 Å². The maximum Gasteiger partial charge on any atom is 0.255 e. The predicted octanol–water partition coefficient (Wildman–Crippen LogP) is 2.71. The van der Waals surface area contributed by atoms with Gasteiger partial charge < -0.3 is 15.5 Å². The minimum Gasteiger partial charge on any atom is -0.345 e. The third-order valence-electron chi connectivity index (χ3n) is 4.74. The van der Waals surface area contributed by atoms with E-state index in [4.69, 9.17) is 0 Å². The van der Waals surface area contributed by atoms with Gasteiger partial charge in [0.05, 0.1) is 6.54 Å². The van der Waals surface area contributed by atoms with Crippen LogP contribution in [0.2, 0.25) is 0 Å². The van der Waals surface area contributed by atoms with Gasteiger partial charge in [0.1, 0.15) is 6.04 Å². The van der Waals surface area contributed by atoms with Gasteiger partial charge in [-0.15, -0.1) is 0 Å². The minimum absolute atomic E-state index is 0.100. The van der Waals surface area contributed by atoms with Crippen molar-refractivity contribution in [1.29, 1.82) is 0 Å². The molecule has 3 amide bonds. The zero-order valence-corrected chi connectivity index (χ0v) is 16.6. The van der Waals surface area contributed by atoms with Crippen LogP contribution in [0.3, 0.4) is 0 Å². The molecule has 2 aromatic rings. The van der Waals surface area contributed by atoms with Crippen LogP contribution in [0.1, 0.15) is 34.8 Å². The summed E-state index contributed by atoms with van der Waals surface area (Å²) in [6.07, 6.45) is 1.83. The van der Waals surface area contributed by atoms with Crippen molar-refractivity contribution in [2.45, 2.75) is 24.9 Å². The van der Waals surface area contributed by atoms with Gasteiger partial charge in [0.15, 0.2) is 0 Å². The Labute approximate surface area is 170 Å². The van der Waals surface area contributed by atoms with Gasteiger partial charge in [-0.05, 0) is 71.3 Å². The number of nitrogens with zero attached hydrogens (tertiary/aromatic N) is 1. The molecule has 2 aliphatic rings. The molecule has 1 aliphatic heterocycles. The van der Waals surface area contributed by atoms with Gasteiger partial charge in [0.25, 0.3) is 5.91 Å². The maximum absolute atomic E-state index is 12.8. The summed E-state index contributed by atoms with van der Waals surface area (Å²) >= 11 is 2.19. The first-order valence-corrected chi connectivity index (χ1v) is 9.87. The summed E-state index contributed by atoms with van der Waals surface area (Å²) in [5.41, 5.74) is 1.97. The Balaban J connectivity index is 1.43. The van der Waals surface area contributed by atoms with E-state index in [1.807, 2.05) is 36.4 Å². The van der Waals surface area contributed by atoms with Crippen LogP contribution in [0.5, 0.6) is 0 Å². The average molecular weight is 475 g/mol. The van der Waals surface area contributed by atoms with Crippen molar-refractivity contribution in [2.75, 3.05) is 11.9 Å². The zero-order valence-electron chi connectivity index (χ0n) is 14.4. The Kier molecular flexibility index (Phi) is 4.86. The van der Waals surface area contributed by atoms with Gasteiger partial charge in [0, 0.05) is 20.9 Å². The standard InChI is InChI=1S/C20H18IN3O3/c21-12-5-7-13(8-6-12)23-17(25)11-22-19(26)18-15-3-1-2-4-16(15)20(27)24(18)14-9-10-14/h1-8,14,18H,9-11H2,(H,22,26)(H,23,25). The number of benzene rings is 2. The van der Waals surface area contributed by atoms with E-state index < -0.39 is 6.04 Å². The van der Waals surface area contributed by atoms with Crippen LogP contribution in [-0.2, 0) is 9.59 Å². The molecule has 4 rings (SSSR count). The van der Waals surface area contributed by atoms with Crippen LogP contribution in [0.25, 0.3) is 0 Å². The largest absolute Gasteiger partial charge is 0.345 e. The van der Waals surface area contributed by atoms with Crippen LogP contribution < -0.4 is 10.6 Å². The molecule has 0 radical (unpaired) electrons. The van der Waals surface area contributed by atoms with Crippen molar-refractivity contribution in [3.8, 4) is 0 Å². The fourth-order valence-corrected chi connectivity index (χ4v) is 3.70. The zero-order chi connectivity index (χ0) is 19.0. The summed E-state index contributed by atoms with van der Waals surface area (Å²) < 4.78 is 1.07. The van der Waals surface area contributed by atoms with Crippen molar-refractivity contribution in [3.05, 3.63) is 63.2 Å². The van der Waals surface area contributed by atoms with Crippen molar-refractivity contribution in [3.63, 3.8) is 0 Å². The first-order valence-electron chi connectivity index (χ1n) is 8.79. The van der Waals surface area contributed by atoms with Crippen molar-refractivity contribution >= 4 is 46.0 Å². The van der Waals surface area contributed by atoms with Gasteiger partial charge in [-0.1, -0.05) is 18.2 Å². The number of halogens is 1. The van der Waals surface area contributed by atoms with Crippen LogP contribution in [0.4, 0.5) is 5.69 Å². The fourth-order valence-electron chi connectivity index (χ4n) is 3.34. The molecule has 138 valence electrons. The van der Waals surface area contributed by atoms with Gasteiger partial charge in [-0.25, -0.2) is 0 Å².